The van der Waals surface area contributed by atoms with Gasteiger partial charge in [0.1, 0.15) is 23.4 Å². The van der Waals surface area contributed by atoms with Crippen LogP contribution in [0.3, 0.4) is 0 Å². The second-order valence-electron chi connectivity index (χ2n) is 6.78. The maximum absolute atomic E-state index is 12.1. The normalized spacial score (nSPS) is 15.6. The first kappa shape index (κ1) is 18.6. The van der Waals surface area contributed by atoms with E-state index in [4.69, 9.17) is 4.74 Å². The molecule has 1 aromatic heterocycles. The van der Waals surface area contributed by atoms with Crippen LogP contribution in [0.1, 0.15) is 18.7 Å². The highest BCUT2D eigenvalue weighted by molar-refractivity contribution is 5.89. The fourth-order valence-electron chi connectivity index (χ4n) is 3.12. The van der Waals surface area contributed by atoms with E-state index in [1.165, 1.54) is 0 Å². The SMILES string of the molecule is Cc1nc(Nc2ccc(OC(=O)C3CCC(=O)N3)cc2)cc(-c2ccccc2)n1. The first-order chi connectivity index (χ1) is 14.1. The van der Waals surface area contributed by atoms with Crippen molar-refractivity contribution in [2.45, 2.75) is 25.8 Å². The minimum absolute atomic E-state index is 0.124. The number of nitrogens with one attached hydrogen (secondary N) is 2. The second-order valence-corrected chi connectivity index (χ2v) is 6.78. The number of hydrogen-bond donors (Lipinski definition) is 2. The molecule has 0 spiro atoms. The molecule has 0 bridgehead atoms. The van der Waals surface area contributed by atoms with Gasteiger partial charge in [0.05, 0.1) is 5.69 Å². The number of hydrogen-bond acceptors (Lipinski definition) is 6. The molecule has 0 saturated carbocycles. The number of benzene rings is 2. The predicted octanol–water partition coefficient (Wildman–Crippen LogP) is 3.38. The van der Waals surface area contributed by atoms with Gasteiger partial charge in [0.15, 0.2) is 0 Å². The summed E-state index contributed by atoms with van der Waals surface area (Å²) in [6.07, 6.45) is 0.820. The predicted molar refractivity (Wildman–Crippen MR) is 109 cm³/mol. The summed E-state index contributed by atoms with van der Waals surface area (Å²) < 4.78 is 5.34. The van der Waals surface area contributed by atoms with Crippen molar-refractivity contribution >= 4 is 23.4 Å². The topological polar surface area (TPSA) is 93.2 Å². The quantitative estimate of drug-likeness (QED) is 0.514. The minimum Gasteiger partial charge on any atom is -0.425 e. The van der Waals surface area contributed by atoms with Crippen LogP contribution in [-0.2, 0) is 9.59 Å². The lowest BCUT2D eigenvalue weighted by atomic mass is 10.1. The van der Waals surface area contributed by atoms with E-state index < -0.39 is 12.0 Å². The van der Waals surface area contributed by atoms with Gasteiger partial charge in [-0.25, -0.2) is 14.8 Å². The molecule has 1 atom stereocenters. The van der Waals surface area contributed by atoms with Crippen LogP contribution in [-0.4, -0.2) is 27.9 Å². The molecule has 146 valence electrons. The summed E-state index contributed by atoms with van der Waals surface area (Å²) >= 11 is 0. The summed E-state index contributed by atoms with van der Waals surface area (Å²) in [5, 5.41) is 5.85. The van der Waals surface area contributed by atoms with Crippen LogP contribution in [0.2, 0.25) is 0 Å². The van der Waals surface area contributed by atoms with Crippen molar-refractivity contribution in [2.24, 2.45) is 0 Å². The molecular weight excluding hydrogens is 368 g/mol. The molecule has 1 aliphatic heterocycles. The van der Waals surface area contributed by atoms with Crippen molar-refractivity contribution in [2.75, 3.05) is 5.32 Å². The molecule has 3 aromatic rings. The van der Waals surface area contributed by atoms with E-state index in [1.54, 1.807) is 24.3 Å². The van der Waals surface area contributed by atoms with Crippen LogP contribution >= 0.6 is 0 Å². The molecule has 2 N–H and O–H groups in total. The Kier molecular flexibility index (Phi) is 5.20. The first-order valence-electron chi connectivity index (χ1n) is 9.36. The van der Waals surface area contributed by atoms with Crippen molar-refractivity contribution in [1.29, 1.82) is 0 Å². The van der Waals surface area contributed by atoms with Crippen molar-refractivity contribution < 1.29 is 14.3 Å². The molecule has 4 rings (SSSR count). The number of aromatic nitrogens is 2. The van der Waals surface area contributed by atoms with Crippen LogP contribution < -0.4 is 15.4 Å². The number of carbonyl (C=O) groups is 2. The van der Waals surface area contributed by atoms with E-state index in [-0.39, 0.29) is 5.91 Å². The lowest BCUT2D eigenvalue weighted by molar-refractivity contribution is -0.137. The molecule has 1 saturated heterocycles. The Hall–Kier alpha value is -3.74. The van der Waals surface area contributed by atoms with E-state index in [9.17, 15) is 9.59 Å². The van der Waals surface area contributed by atoms with Crippen molar-refractivity contribution in [3.05, 3.63) is 66.5 Å². The van der Waals surface area contributed by atoms with E-state index >= 15 is 0 Å². The highest BCUT2D eigenvalue weighted by atomic mass is 16.5. The van der Waals surface area contributed by atoms with Crippen molar-refractivity contribution in [1.82, 2.24) is 15.3 Å². The minimum atomic E-state index is -0.569. The Balaban J connectivity index is 1.44. The van der Waals surface area contributed by atoms with Crippen LogP contribution in [0, 0.1) is 6.92 Å². The Bertz CT molecular complexity index is 1040. The molecule has 1 aliphatic rings. The highest BCUT2D eigenvalue weighted by Crippen LogP contribution is 2.23. The fourth-order valence-corrected chi connectivity index (χ4v) is 3.12. The number of ether oxygens (including phenoxy) is 1. The molecule has 2 heterocycles. The van der Waals surface area contributed by atoms with Gasteiger partial charge in [0, 0.05) is 23.7 Å². The molecule has 1 amide bonds. The monoisotopic (exact) mass is 388 g/mol. The standard InChI is InChI=1S/C22H20N4O3/c1-14-23-19(15-5-3-2-4-6-15)13-20(24-14)25-16-7-9-17(10-8-16)29-22(28)18-11-12-21(27)26-18/h2-10,13,18H,11-12H2,1H3,(H,26,27)(H,23,24,25). The lowest BCUT2D eigenvalue weighted by Crippen LogP contribution is -2.36. The Labute approximate surface area is 168 Å². The zero-order chi connectivity index (χ0) is 20.2. The van der Waals surface area contributed by atoms with Crippen LogP contribution in [0.25, 0.3) is 11.3 Å². The maximum atomic E-state index is 12.1. The van der Waals surface area contributed by atoms with E-state index in [0.717, 1.165) is 16.9 Å². The number of carbonyl (C=O) groups excluding carboxylic acids is 2. The van der Waals surface area contributed by atoms with Crippen molar-refractivity contribution in [3.63, 3.8) is 0 Å². The Morgan fingerprint density at radius 2 is 1.86 bits per heavy atom. The van der Waals surface area contributed by atoms with Gasteiger partial charge in [-0.05, 0) is 37.6 Å². The van der Waals surface area contributed by atoms with Crippen LogP contribution in [0.15, 0.2) is 60.7 Å². The van der Waals surface area contributed by atoms with Gasteiger partial charge in [-0.15, -0.1) is 0 Å². The molecule has 29 heavy (non-hydrogen) atoms. The summed E-state index contributed by atoms with van der Waals surface area (Å²) in [5.41, 5.74) is 2.66. The number of amides is 1. The van der Waals surface area contributed by atoms with Crippen LogP contribution in [0.5, 0.6) is 5.75 Å². The number of esters is 1. The van der Waals surface area contributed by atoms with Gasteiger partial charge in [-0.3, -0.25) is 4.79 Å². The Morgan fingerprint density at radius 3 is 2.55 bits per heavy atom. The molecule has 7 nitrogen and oxygen atoms in total. The number of nitrogens with zero attached hydrogens (tertiary/aromatic N) is 2. The largest absolute Gasteiger partial charge is 0.425 e. The van der Waals surface area contributed by atoms with Crippen molar-refractivity contribution in [3.8, 4) is 17.0 Å². The van der Waals surface area contributed by atoms with Crippen LogP contribution in [0.4, 0.5) is 11.5 Å². The smallest absolute Gasteiger partial charge is 0.334 e. The molecule has 0 radical (unpaired) electrons. The summed E-state index contributed by atoms with van der Waals surface area (Å²) in [5.74, 6) is 1.19. The van der Waals surface area contributed by atoms with E-state index in [2.05, 4.69) is 20.6 Å². The first-order valence-corrected chi connectivity index (χ1v) is 9.36. The third kappa shape index (κ3) is 4.57. The van der Waals surface area contributed by atoms with Gasteiger partial charge in [0.25, 0.3) is 0 Å². The summed E-state index contributed by atoms with van der Waals surface area (Å²) in [6, 6.07) is 18.2. The van der Waals surface area contributed by atoms with Gasteiger partial charge < -0.3 is 15.4 Å². The second kappa shape index (κ2) is 8.10. The zero-order valence-electron chi connectivity index (χ0n) is 15.9. The molecule has 1 unspecified atom stereocenters. The highest BCUT2D eigenvalue weighted by Gasteiger charge is 2.28. The maximum Gasteiger partial charge on any atom is 0.334 e. The molecule has 0 aliphatic carbocycles. The lowest BCUT2D eigenvalue weighted by Gasteiger charge is -2.11. The number of aryl methyl sites for hydroxylation is 1. The number of anilines is 2. The third-order valence-corrected chi connectivity index (χ3v) is 4.53. The molecule has 1 fully saturated rings. The number of rotatable bonds is 5. The average Bonchev–Trinajstić information content (AvgIpc) is 3.16. The van der Waals surface area contributed by atoms with Gasteiger partial charge in [-0.1, -0.05) is 30.3 Å². The third-order valence-electron chi connectivity index (χ3n) is 4.53. The fraction of sp³-hybridized carbons (Fsp3) is 0.182. The average molecular weight is 388 g/mol. The van der Waals surface area contributed by atoms with E-state index in [0.29, 0.717) is 30.2 Å². The summed E-state index contributed by atoms with van der Waals surface area (Å²) in [6.45, 7) is 1.85. The van der Waals surface area contributed by atoms with Gasteiger partial charge in [-0.2, -0.15) is 0 Å². The Morgan fingerprint density at radius 1 is 1.10 bits per heavy atom. The van der Waals surface area contributed by atoms with E-state index in [1.807, 2.05) is 43.3 Å². The summed E-state index contributed by atoms with van der Waals surface area (Å²) in [7, 11) is 0. The van der Waals surface area contributed by atoms with Gasteiger partial charge in [0.2, 0.25) is 5.91 Å². The molecular formula is C22H20N4O3. The zero-order valence-corrected chi connectivity index (χ0v) is 15.9. The molecule has 2 aromatic carbocycles. The summed E-state index contributed by atoms with van der Waals surface area (Å²) in [4.78, 5) is 32.2. The molecule has 7 heteroatoms. The van der Waals surface area contributed by atoms with Gasteiger partial charge >= 0.3 is 5.97 Å².